The molecule has 1 amide bonds. The molecule has 0 bridgehead atoms. The SMILES string of the molecule is CCc1cc(C#CCCO)ccc1NC(=O)OCC(C)C. The van der Waals surface area contributed by atoms with Gasteiger partial charge in [0.2, 0.25) is 0 Å². The summed E-state index contributed by atoms with van der Waals surface area (Å²) >= 11 is 0. The minimum absolute atomic E-state index is 0.0645. The van der Waals surface area contributed by atoms with Crippen molar-refractivity contribution in [3.05, 3.63) is 29.3 Å². The molecule has 0 heterocycles. The average Bonchev–Trinajstić information content (AvgIpc) is 2.46. The first-order valence-electron chi connectivity index (χ1n) is 7.23. The zero-order valence-electron chi connectivity index (χ0n) is 12.9. The maximum atomic E-state index is 11.7. The maximum absolute atomic E-state index is 11.7. The summed E-state index contributed by atoms with van der Waals surface area (Å²) in [5.74, 6) is 6.18. The van der Waals surface area contributed by atoms with Gasteiger partial charge < -0.3 is 9.84 Å². The first-order valence-corrected chi connectivity index (χ1v) is 7.23. The van der Waals surface area contributed by atoms with E-state index in [-0.39, 0.29) is 6.61 Å². The molecule has 0 aliphatic rings. The molecule has 21 heavy (non-hydrogen) atoms. The van der Waals surface area contributed by atoms with Gasteiger partial charge >= 0.3 is 6.09 Å². The normalized spacial score (nSPS) is 9.95. The Morgan fingerprint density at radius 1 is 1.43 bits per heavy atom. The number of nitrogens with one attached hydrogen (secondary N) is 1. The van der Waals surface area contributed by atoms with Gasteiger partial charge in [0.15, 0.2) is 0 Å². The van der Waals surface area contributed by atoms with Crippen molar-refractivity contribution in [2.75, 3.05) is 18.5 Å². The van der Waals surface area contributed by atoms with Gasteiger partial charge in [0, 0.05) is 17.7 Å². The fraction of sp³-hybridized carbons (Fsp3) is 0.471. The molecule has 0 unspecified atom stereocenters. The topological polar surface area (TPSA) is 58.6 Å². The first kappa shape index (κ1) is 17.1. The Hall–Kier alpha value is -1.99. The van der Waals surface area contributed by atoms with Crippen LogP contribution in [-0.4, -0.2) is 24.4 Å². The van der Waals surface area contributed by atoms with Crippen molar-refractivity contribution in [3.63, 3.8) is 0 Å². The third-order valence-corrected chi connectivity index (χ3v) is 2.74. The summed E-state index contributed by atoms with van der Waals surface area (Å²) in [7, 11) is 0. The fourth-order valence-electron chi connectivity index (χ4n) is 1.69. The second kappa shape index (κ2) is 9.04. The molecule has 4 heteroatoms. The Labute approximate surface area is 126 Å². The average molecular weight is 289 g/mol. The smallest absolute Gasteiger partial charge is 0.411 e. The number of aryl methyl sites for hydroxylation is 1. The summed E-state index contributed by atoms with van der Waals surface area (Å²) in [6.45, 7) is 6.47. The van der Waals surface area contributed by atoms with Crippen molar-refractivity contribution in [1.82, 2.24) is 0 Å². The third kappa shape index (κ3) is 6.33. The molecule has 1 rings (SSSR count). The summed E-state index contributed by atoms with van der Waals surface area (Å²) in [5, 5.41) is 11.5. The summed E-state index contributed by atoms with van der Waals surface area (Å²) < 4.78 is 5.11. The van der Waals surface area contributed by atoms with Crippen LogP contribution in [0.4, 0.5) is 10.5 Å². The van der Waals surface area contributed by atoms with E-state index in [1.165, 1.54) is 0 Å². The number of aliphatic hydroxyl groups is 1. The van der Waals surface area contributed by atoms with E-state index in [9.17, 15) is 4.79 Å². The van der Waals surface area contributed by atoms with Gasteiger partial charge in [0.05, 0.1) is 13.2 Å². The highest BCUT2D eigenvalue weighted by Gasteiger charge is 2.08. The van der Waals surface area contributed by atoms with Gasteiger partial charge in [0.1, 0.15) is 0 Å². The van der Waals surface area contributed by atoms with Crippen molar-refractivity contribution in [2.24, 2.45) is 5.92 Å². The van der Waals surface area contributed by atoms with E-state index in [2.05, 4.69) is 17.2 Å². The molecule has 0 radical (unpaired) electrons. The van der Waals surface area contributed by atoms with Crippen LogP contribution in [0.1, 0.15) is 38.3 Å². The van der Waals surface area contributed by atoms with Crippen LogP contribution in [0.2, 0.25) is 0 Å². The minimum Gasteiger partial charge on any atom is -0.449 e. The lowest BCUT2D eigenvalue weighted by molar-refractivity contribution is 0.147. The molecule has 114 valence electrons. The molecule has 2 N–H and O–H groups in total. The van der Waals surface area contributed by atoms with E-state index in [0.29, 0.717) is 18.9 Å². The number of ether oxygens (including phenoxy) is 1. The second-order valence-corrected chi connectivity index (χ2v) is 5.12. The van der Waals surface area contributed by atoms with E-state index in [1.807, 2.05) is 39.0 Å². The van der Waals surface area contributed by atoms with Gasteiger partial charge in [-0.05, 0) is 36.1 Å². The number of carbonyl (C=O) groups is 1. The van der Waals surface area contributed by atoms with Gasteiger partial charge in [-0.1, -0.05) is 32.6 Å². The lowest BCUT2D eigenvalue weighted by atomic mass is 10.1. The lowest BCUT2D eigenvalue weighted by Gasteiger charge is -2.12. The van der Waals surface area contributed by atoms with Gasteiger partial charge in [0.25, 0.3) is 0 Å². The lowest BCUT2D eigenvalue weighted by Crippen LogP contribution is -2.17. The molecule has 0 fully saturated rings. The van der Waals surface area contributed by atoms with Gasteiger partial charge in [-0.25, -0.2) is 4.79 Å². The number of carbonyl (C=O) groups excluding carboxylic acids is 1. The Balaban J connectivity index is 2.75. The van der Waals surface area contributed by atoms with E-state index in [1.54, 1.807) is 0 Å². The number of benzene rings is 1. The monoisotopic (exact) mass is 289 g/mol. The highest BCUT2D eigenvalue weighted by atomic mass is 16.5. The largest absolute Gasteiger partial charge is 0.449 e. The van der Waals surface area contributed by atoms with Crippen LogP contribution in [0.3, 0.4) is 0 Å². The highest BCUT2D eigenvalue weighted by Crippen LogP contribution is 2.18. The molecule has 0 saturated heterocycles. The number of aliphatic hydroxyl groups excluding tert-OH is 1. The van der Waals surface area contributed by atoms with Crippen LogP contribution in [0, 0.1) is 17.8 Å². The van der Waals surface area contributed by atoms with Gasteiger partial charge in [-0.3, -0.25) is 5.32 Å². The van der Waals surface area contributed by atoms with Crippen LogP contribution >= 0.6 is 0 Å². The van der Waals surface area contributed by atoms with Crippen LogP contribution in [0.25, 0.3) is 0 Å². The molecule has 0 aliphatic carbocycles. The number of anilines is 1. The quantitative estimate of drug-likeness (QED) is 0.818. The molecule has 0 atom stereocenters. The van der Waals surface area contributed by atoms with Crippen molar-refractivity contribution >= 4 is 11.8 Å². The Bertz CT molecular complexity index is 527. The summed E-state index contributed by atoms with van der Waals surface area (Å²) in [4.78, 5) is 11.7. The molecule has 4 nitrogen and oxygen atoms in total. The molecule has 0 aromatic heterocycles. The predicted octanol–water partition coefficient (Wildman–Crippen LogP) is 3.19. The van der Waals surface area contributed by atoms with Crippen LogP contribution in [-0.2, 0) is 11.2 Å². The van der Waals surface area contributed by atoms with Gasteiger partial charge in [-0.2, -0.15) is 0 Å². The zero-order valence-corrected chi connectivity index (χ0v) is 12.9. The fourth-order valence-corrected chi connectivity index (χ4v) is 1.69. The zero-order chi connectivity index (χ0) is 15.7. The molecule has 1 aromatic rings. The molecule has 0 spiro atoms. The van der Waals surface area contributed by atoms with Crippen molar-refractivity contribution < 1.29 is 14.6 Å². The first-order chi connectivity index (χ1) is 10.1. The Morgan fingerprint density at radius 3 is 2.81 bits per heavy atom. The summed E-state index contributed by atoms with van der Waals surface area (Å²) in [6, 6.07) is 5.63. The van der Waals surface area contributed by atoms with Crippen LogP contribution in [0.15, 0.2) is 18.2 Å². The molecule has 0 aliphatic heterocycles. The van der Waals surface area contributed by atoms with E-state index < -0.39 is 6.09 Å². The Morgan fingerprint density at radius 2 is 2.19 bits per heavy atom. The van der Waals surface area contributed by atoms with Crippen molar-refractivity contribution in [2.45, 2.75) is 33.6 Å². The number of amides is 1. The summed E-state index contributed by atoms with van der Waals surface area (Å²) in [6.07, 6.45) is 0.815. The third-order valence-electron chi connectivity index (χ3n) is 2.74. The van der Waals surface area contributed by atoms with Crippen molar-refractivity contribution in [1.29, 1.82) is 0 Å². The maximum Gasteiger partial charge on any atom is 0.411 e. The predicted molar refractivity (Wildman–Crippen MR) is 84.2 cm³/mol. The van der Waals surface area contributed by atoms with Crippen LogP contribution < -0.4 is 5.32 Å². The highest BCUT2D eigenvalue weighted by molar-refractivity contribution is 5.85. The molecule has 0 saturated carbocycles. The van der Waals surface area contributed by atoms with Gasteiger partial charge in [-0.15, -0.1) is 0 Å². The van der Waals surface area contributed by atoms with E-state index >= 15 is 0 Å². The number of hydrogen-bond donors (Lipinski definition) is 2. The molecule has 1 aromatic carbocycles. The minimum atomic E-state index is -0.433. The molecular formula is C17H23NO3. The Kier molecular flexibility index (Phi) is 7.34. The number of rotatable bonds is 5. The number of hydrogen-bond acceptors (Lipinski definition) is 3. The van der Waals surface area contributed by atoms with E-state index in [4.69, 9.17) is 9.84 Å². The van der Waals surface area contributed by atoms with Crippen molar-refractivity contribution in [3.8, 4) is 11.8 Å². The standard InChI is InChI=1S/C17H23NO3/c1-4-15-11-14(7-5-6-10-19)8-9-16(15)18-17(20)21-12-13(2)3/h8-9,11,13,19H,4,6,10,12H2,1-3H3,(H,18,20). The van der Waals surface area contributed by atoms with E-state index in [0.717, 1.165) is 23.2 Å². The molecular weight excluding hydrogens is 266 g/mol. The summed E-state index contributed by atoms with van der Waals surface area (Å²) in [5.41, 5.74) is 2.63. The van der Waals surface area contributed by atoms with Crippen LogP contribution in [0.5, 0.6) is 0 Å². The second-order valence-electron chi connectivity index (χ2n) is 5.12.